The lowest BCUT2D eigenvalue weighted by atomic mass is 10.2. The van der Waals surface area contributed by atoms with Gasteiger partial charge in [-0.15, -0.1) is 0 Å². The molecule has 0 bridgehead atoms. The van der Waals surface area contributed by atoms with E-state index in [1.165, 1.54) is 0 Å². The summed E-state index contributed by atoms with van der Waals surface area (Å²) in [5.74, 6) is 0.182. The largest absolute Gasteiger partial charge is 0.326 e. The molecule has 126 valence electrons. The smallest absolute Gasteiger partial charge is 0.237 e. The molecule has 0 saturated heterocycles. The summed E-state index contributed by atoms with van der Waals surface area (Å²) >= 11 is 1.74. The Balaban J connectivity index is 1.91. The summed E-state index contributed by atoms with van der Waals surface area (Å²) in [7, 11) is 2.22. The van der Waals surface area contributed by atoms with E-state index in [0.717, 1.165) is 45.3 Å². The number of carbonyl (C=O) groups is 1. The van der Waals surface area contributed by atoms with Crippen LogP contribution in [-0.4, -0.2) is 37.1 Å². The zero-order valence-corrected chi connectivity index (χ0v) is 15.5. The van der Waals surface area contributed by atoms with Gasteiger partial charge in [-0.25, -0.2) is 0 Å². The quantitative estimate of drug-likeness (QED) is 0.735. The lowest BCUT2D eigenvalue weighted by Gasteiger charge is -2.34. The summed E-state index contributed by atoms with van der Waals surface area (Å²) in [5.41, 5.74) is 2.02. The van der Waals surface area contributed by atoms with E-state index in [2.05, 4.69) is 33.0 Å². The van der Waals surface area contributed by atoms with E-state index in [1.807, 2.05) is 41.3 Å². The van der Waals surface area contributed by atoms with Gasteiger partial charge >= 0.3 is 0 Å². The fourth-order valence-corrected chi connectivity index (χ4v) is 4.05. The standard InChI is InChI=1S/C20H25N2OS/c1-4-22(3,5-2)15-14-20(23)21-16-10-6-8-12-18(16)24-19-13-9-7-11-17(19)21/h6-13H,4-5,14-15H2,1-3H3/q+1. The summed E-state index contributed by atoms with van der Waals surface area (Å²) in [6.45, 7) is 7.35. The third-order valence-corrected chi connectivity index (χ3v) is 6.20. The Bertz CT molecular complexity index is 694. The normalized spacial score (nSPS) is 13.4. The first-order valence-electron chi connectivity index (χ1n) is 8.60. The molecule has 0 unspecified atom stereocenters. The first kappa shape index (κ1) is 17.1. The molecule has 2 aromatic rings. The molecule has 1 aliphatic rings. The van der Waals surface area contributed by atoms with Gasteiger partial charge in [0.05, 0.1) is 44.5 Å². The molecule has 0 atom stereocenters. The minimum absolute atomic E-state index is 0.182. The summed E-state index contributed by atoms with van der Waals surface area (Å²) < 4.78 is 0.928. The third kappa shape index (κ3) is 3.21. The van der Waals surface area contributed by atoms with Crippen molar-refractivity contribution in [3.8, 4) is 0 Å². The molecule has 0 fully saturated rings. The first-order valence-corrected chi connectivity index (χ1v) is 9.42. The molecule has 4 heteroatoms. The summed E-state index contributed by atoms with van der Waals surface area (Å²) in [6, 6.07) is 16.4. The molecule has 2 aromatic carbocycles. The van der Waals surface area contributed by atoms with Gasteiger partial charge in [-0.2, -0.15) is 0 Å². The molecular formula is C20H25N2OS+. The lowest BCUT2D eigenvalue weighted by Crippen LogP contribution is -2.46. The predicted octanol–water partition coefficient (Wildman–Crippen LogP) is 4.69. The van der Waals surface area contributed by atoms with Crippen LogP contribution < -0.4 is 4.90 Å². The fourth-order valence-electron chi connectivity index (χ4n) is 2.99. The van der Waals surface area contributed by atoms with Crippen molar-refractivity contribution < 1.29 is 9.28 Å². The van der Waals surface area contributed by atoms with Gasteiger partial charge in [-0.1, -0.05) is 36.0 Å². The van der Waals surface area contributed by atoms with Crippen LogP contribution in [0.2, 0.25) is 0 Å². The molecule has 24 heavy (non-hydrogen) atoms. The van der Waals surface area contributed by atoms with Crippen molar-refractivity contribution >= 4 is 29.0 Å². The molecule has 3 nitrogen and oxygen atoms in total. The maximum absolute atomic E-state index is 13.1. The molecule has 0 radical (unpaired) electrons. The molecule has 1 amide bonds. The minimum Gasteiger partial charge on any atom is -0.326 e. The van der Waals surface area contributed by atoms with Crippen LogP contribution in [0.5, 0.6) is 0 Å². The van der Waals surface area contributed by atoms with Crippen molar-refractivity contribution in [3.05, 3.63) is 48.5 Å². The molecule has 0 aliphatic carbocycles. The van der Waals surface area contributed by atoms with Gasteiger partial charge in [0.1, 0.15) is 0 Å². The van der Waals surface area contributed by atoms with E-state index >= 15 is 0 Å². The first-order chi connectivity index (χ1) is 11.6. The van der Waals surface area contributed by atoms with Crippen LogP contribution in [0.1, 0.15) is 20.3 Å². The number of hydrogen-bond donors (Lipinski definition) is 0. The van der Waals surface area contributed by atoms with Crippen LogP contribution in [0.4, 0.5) is 11.4 Å². The zero-order chi connectivity index (χ0) is 17.2. The Morgan fingerprint density at radius 3 is 1.96 bits per heavy atom. The number of quaternary nitrogens is 1. The Morgan fingerprint density at radius 1 is 0.958 bits per heavy atom. The number of hydrogen-bond acceptors (Lipinski definition) is 2. The second-order valence-electron chi connectivity index (χ2n) is 6.49. The Morgan fingerprint density at radius 2 is 1.46 bits per heavy atom. The van der Waals surface area contributed by atoms with Gasteiger partial charge in [0.2, 0.25) is 5.91 Å². The highest BCUT2D eigenvalue weighted by Gasteiger charge is 2.29. The number of benzene rings is 2. The lowest BCUT2D eigenvalue weighted by molar-refractivity contribution is -0.905. The summed E-state index contributed by atoms with van der Waals surface area (Å²) in [4.78, 5) is 17.3. The molecule has 0 N–H and O–H groups in total. The highest BCUT2D eigenvalue weighted by atomic mass is 32.2. The van der Waals surface area contributed by atoms with Crippen molar-refractivity contribution in [3.63, 3.8) is 0 Å². The Kier molecular flexibility index (Phi) is 4.97. The van der Waals surface area contributed by atoms with Gasteiger partial charge in [0.15, 0.2) is 0 Å². The molecule has 1 heterocycles. The fraction of sp³-hybridized carbons (Fsp3) is 0.350. The topological polar surface area (TPSA) is 20.3 Å². The van der Waals surface area contributed by atoms with E-state index in [4.69, 9.17) is 0 Å². The highest BCUT2D eigenvalue weighted by molar-refractivity contribution is 7.99. The highest BCUT2D eigenvalue weighted by Crippen LogP contribution is 2.48. The Hall–Kier alpha value is -1.78. The van der Waals surface area contributed by atoms with Crippen molar-refractivity contribution in [2.45, 2.75) is 30.1 Å². The van der Waals surface area contributed by atoms with Gasteiger partial charge in [-0.3, -0.25) is 9.69 Å². The van der Waals surface area contributed by atoms with E-state index in [-0.39, 0.29) is 5.91 Å². The number of anilines is 2. The second kappa shape index (κ2) is 6.99. The number of amides is 1. The second-order valence-corrected chi connectivity index (χ2v) is 7.58. The molecule has 0 saturated carbocycles. The van der Waals surface area contributed by atoms with Gasteiger partial charge < -0.3 is 4.48 Å². The van der Waals surface area contributed by atoms with Crippen LogP contribution in [0.15, 0.2) is 58.3 Å². The number of para-hydroxylation sites is 2. The number of rotatable bonds is 5. The minimum atomic E-state index is 0.182. The van der Waals surface area contributed by atoms with Crippen LogP contribution in [0.3, 0.4) is 0 Å². The monoisotopic (exact) mass is 341 g/mol. The molecule has 1 aliphatic heterocycles. The van der Waals surface area contributed by atoms with Gasteiger partial charge in [-0.05, 0) is 38.1 Å². The average molecular weight is 342 g/mol. The maximum atomic E-state index is 13.1. The number of carbonyl (C=O) groups excluding carboxylic acids is 1. The van der Waals surface area contributed by atoms with Crippen molar-refractivity contribution in [2.75, 3.05) is 31.6 Å². The average Bonchev–Trinajstić information content (AvgIpc) is 2.63. The third-order valence-electron chi connectivity index (χ3n) is 5.07. The Labute approximate surface area is 148 Å². The van der Waals surface area contributed by atoms with Crippen molar-refractivity contribution in [2.24, 2.45) is 0 Å². The number of nitrogens with zero attached hydrogens (tertiary/aromatic N) is 2. The molecule has 0 aromatic heterocycles. The zero-order valence-electron chi connectivity index (χ0n) is 14.7. The van der Waals surface area contributed by atoms with Crippen LogP contribution in [0, 0.1) is 0 Å². The van der Waals surface area contributed by atoms with Gasteiger partial charge in [0.25, 0.3) is 0 Å². The number of fused-ring (bicyclic) bond motifs is 2. The molecular weight excluding hydrogens is 316 g/mol. The predicted molar refractivity (Wildman–Crippen MR) is 101 cm³/mol. The van der Waals surface area contributed by atoms with E-state index in [9.17, 15) is 4.79 Å². The van der Waals surface area contributed by atoms with Gasteiger partial charge in [0, 0.05) is 9.79 Å². The van der Waals surface area contributed by atoms with Crippen LogP contribution in [0.25, 0.3) is 0 Å². The summed E-state index contributed by atoms with van der Waals surface area (Å²) in [6.07, 6.45) is 0.561. The van der Waals surface area contributed by atoms with Crippen LogP contribution in [-0.2, 0) is 4.79 Å². The maximum Gasteiger partial charge on any atom is 0.237 e. The van der Waals surface area contributed by atoms with Crippen molar-refractivity contribution in [1.82, 2.24) is 0 Å². The molecule has 3 rings (SSSR count). The SMILES string of the molecule is CC[N+](C)(CC)CCC(=O)N1c2ccccc2Sc2ccccc21. The van der Waals surface area contributed by atoms with E-state index in [0.29, 0.717) is 6.42 Å². The summed E-state index contributed by atoms with van der Waals surface area (Å²) in [5, 5.41) is 0. The van der Waals surface area contributed by atoms with E-state index in [1.54, 1.807) is 11.8 Å². The molecule has 0 spiro atoms. The van der Waals surface area contributed by atoms with E-state index < -0.39 is 0 Å². The van der Waals surface area contributed by atoms with Crippen LogP contribution >= 0.6 is 11.8 Å². The van der Waals surface area contributed by atoms with Crippen molar-refractivity contribution in [1.29, 1.82) is 0 Å².